The highest BCUT2D eigenvalue weighted by molar-refractivity contribution is 5.70. The minimum Gasteiger partial charge on any atom is -0.462 e. The van der Waals surface area contributed by atoms with Gasteiger partial charge < -0.3 is 14.2 Å². The van der Waals surface area contributed by atoms with E-state index in [4.69, 9.17) is 14.2 Å². The van der Waals surface area contributed by atoms with E-state index in [9.17, 15) is 9.59 Å². The molecule has 0 amide bonds. The lowest BCUT2D eigenvalue weighted by atomic mass is 10.1. The molecule has 5 heteroatoms. The molecule has 0 radical (unpaired) electrons. The highest BCUT2D eigenvalue weighted by atomic mass is 16.6. The van der Waals surface area contributed by atoms with Gasteiger partial charge in [0.25, 0.3) is 0 Å². The van der Waals surface area contributed by atoms with Crippen molar-refractivity contribution in [1.29, 1.82) is 0 Å². The van der Waals surface area contributed by atoms with E-state index < -0.39 is 6.10 Å². The van der Waals surface area contributed by atoms with Gasteiger partial charge in [0, 0.05) is 19.4 Å². The second-order valence-electron chi connectivity index (χ2n) is 18.1. The van der Waals surface area contributed by atoms with Crippen LogP contribution in [-0.4, -0.2) is 37.9 Å². The zero-order valence-electron chi connectivity index (χ0n) is 44.3. The van der Waals surface area contributed by atoms with Crippen molar-refractivity contribution in [3.8, 4) is 0 Å². The lowest BCUT2D eigenvalue weighted by Crippen LogP contribution is -2.30. The Kier molecular flexibility index (Phi) is 54.5. The number of allylic oxidation sites excluding steroid dienone is 20. The molecule has 0 aromatic rings. The molecular formula is C63H104O5. The average molecular weight is 942 g/mol. The van der Waals surface area contributed by atoms with Gasteiger partial charge in [0.2, 0.25) is 0 Å². The van der Waals surface area contributed by atoms with Gasteiger partial charge >= 0.3 is 11.9 Å². The van der Waals surface area contributed by atoms with Crippen LogP contribution >= 0.6 is 0 Å². The first-order valence-corrected chi connectivity index (χ1v) is 28.1. The number of hydrogen-bond donors (Lipinski definition) is 0. The number of unbranched alkanes of at least 4 members (excludes halogenated alkanes) is 19. The topological polar surface area (TPSA) is 61.8 Å². The molecule has 0 heterocycles. The van der Waals surface area contributed by atoms with Gasteiger partial charge in [-0.05, 0) is 122 Å². The molecule has 0 spiro atoms. The third-order valence-electron chi connectivity index (χ3n) is 11.5. The van der Waals surface area contributed by atoms with Crippen molar-refractivity contribution in [1.82, 2.24) is 0 Å². The van der Waals surface area contributed by atoms with Crippen LogP contribution in [0.25, 0.3) is 0 Å². The van der Waals surface area contributed by atoms with Gasteiger partial charge in [-0.25, -0.2) is 0 Å². The van der Waals surface area contributed by atoms with Gasteiger partial charge in [-0.3, -0.25) is 9.59 Å². The van der Waals surface area contributed by atoms with E-state index in [1.807, 2.05) is 0 Å². The molecule has 0 saturated heterocycles. The van der Waals surface area contributed by atoms with Crippen LogP contribution in [0.4, 0.5) is 0 Å². The molecule has 386 valence electrons. The van der Waals surface area contributed by atoms with E-state index in [-0.39, 0.29) is 25.2 Å². The van der Waals surface area contributed by atoms with E-state index in [2.05, 4.69) is 142 Å². The van der Waals surface area contributed by atoms with Crippen molar-refractivity contribution in [2.75, 3.05) is 19.8 Å². The largest absolute Gasteiger partial charge is 0.462 e. The lowest BCUT2D eigenvalue weighted by molar-refractivity contribution is -0.163. The van der Waals surface area contributed by atoms with Gasteiger partial charge in [0.05, 0.1) is 6.61 Å². The van der Waals surface area contributed by atoms with Crippen molar-refractivity contribution in [3.63, 3.8) is 0 Å². The molecule has 0 aliphatic heterocycles. The Labute approximate surface area is 420 Å². The molecule has 0 fully saturated rings. The monoisotopic (exact) mass is 941 g/mol. The standard InChI is InChI=1S/C63H104O5/c1-4-7-10-13-16-19-22-25-28-30-31-32-34-37-40-43-46-49-52-55-58-66-59-61(68-63(65)57-54-51-48-45-42-39-35-27-24-21-18-15-12-9-6-3)60-67-62(64)56-53-50-47-44-41-38-36-33-29-26-23-20-17-14-11-8-5-2/h7-8,10-11,16-17,19-20,25-29,31-32,35-36,38,44,47,61H,4-6,9,12-15,18,21-24,30,33-34,37,39-43,45-46,48-60H2,1-3H3/b10-7-,11-8-,19-16-,20-17-,28-25-,29-26-,32-31-,35-27-,38-36-,47-44-. The maximum atomic E-state index is 12.8. The third kappa shape index (κ3) is 54.9. The van der Waals surface area contributed by atoms with Crippen LogP contribution in [-0.2, 0) is 23.8 Å². The smallest absolute Gasteiger partial charge is 0.306 e. The summed E-state index contributed by atoms with van der Waals surface area (Å²) >= 11 is 0. The first-order chi connectivity index (χ1) is 33.6. The maximum Gasteiger partial charge on any atom is 0.306 e. The van der Waals surface area contributed by atoms with Crippen LogP contribution in [0.15, 0.2) is 122 Å². The molecule has 0 N–H and O–H groups in total. The molecule has 0 aromatic carbocycles. The normalized spacial score (nSPS) is 13.2. The number of hydrogen-bond acceptors (Lipinski definition) is 5. The fourth-order valence-electron chi connectivity index (χ4n) is 7.35. The van der Waals surface area contributed by atoms with E-state index in [0.29, 0.717) is 19.4 Å². The van der Waals surface area contributed by atoms with Crippen molar-refractivity contribution >= 4 is 11.9 Å². The highest BCUT2D eigenvalue weighted by Crippen LogP contribution is 2.13. The minimum absolute atomic E-state index is 0.0412. The Bertz CT molecular complexity index is 1390. The van der Waals surface area contributed by atoms with Gasteiger partial charge in [-0.2, -0.15) is 0 Å². The average Bonchev–Trinajstić information content (AvgIpc) is 3.34. The van der Waals surface area contributed by atoms with Crippen molar-refractivity contribution in [3.05, 3.63) is 122 Å². The quantitative estimate of drug-likeness (QED) is 0.0345. The first kappa shape index (κ1) is 64.3. The lowest BCUT2D eigenvalue weighted by Gasteiger charge is -2.18. The molecule has 0 aliphatic rings. The van der Waals surface area contributed by atoms with Crippen LogP contribution < -0.4 is 0 Å². The predicted molar refractivity (Wildman–Crippen MR) is 297 cm³/mol. The molecule has 0 bridgehead atoms. The summed E-state index contributed by atoms with van der Waals surface area (Å²) in [7, 11) is 0. The van der Waals surface area contributed by atoms with E-state index >= 15 is 0 Å². The van der Waals surface area contributed by atoms with Crippen molar-refractivity contribution < 1.29 is 23.8 Å². The summed E-state index contributed by atoms with van der Waals surface area (Å²) in [5.41, 5.74) is 0. The SMILES string of the molecule is CC/C=C\C/C=C\C/C=C\C/C=C\C/C=C\CCCC(=O)OCC(COCCCCCCCCC/C=C\C/C=C\C/C=C\C/C=C\CC)OC(=O)CCCCCCC/C=C\CCCCCCCC. The Balaban J connectivity index is 4.41. The summed E-state index contributed by atoms with van der Waals surface area (Å²) in [6, 6.07) is 0. The van der Waals surface area contributed by atoms with Crippen LogP contribution in [0.5, 0.6) is 0 Å². The minimum atomic E-state index is -0.578. The van der Waals surface area contributed by atoms with E-state index in [1.165, 1.54) is 89.9 Å². The molecule has 68 heavy (non-hydrogen) atoms. The fourth-order valence-corrected chi connectivity index (χ4v) is 7.35. The van der Waals surface area contributed by atoms with Crippen LogP contribution in [0.2, 0.25) is 0 Å². The number of esters is 2. The van der Waals surface area contributed by atoms with E-state index in [0.717, 1.165) is 116 Å². The van der Waals surface area contributed by atoms with Crippen LogP contribution in [0, 0.1) is 0 Å². The Morgan fingerprint density at radius 1 is 0.338 bits per heavy atom. The third-order valence-corrected chi connectivity index (χ3v) is 11.5. The zero-order valence-corrected chi connectivity index (χ0v) is 44.3. The first-order valence-electron chi connectivity index (χ1n) is 28.1. The molecule has 0 saturated carbocycles. The van der Waals surface area contributed by atoms with Crippen molar-refractivity contribution in [2.24, 2.45) is 0 Å². The van der Waals surface area contributed by atoms with Gasteiger partial charge in [-0.15, -0.1) is 0 Å². The Morgan fingerprint density at radius 3 is 1.12 bits per heavy atom. The number of rotatable bonds is 50. The zero-order chi connectivity index (χ0) is 49.2. The maximum absolute atomic E-state index is 12.8. The predicted octanol–water partition coefficient (Wildman–Crippen LogP) is 19.3. The van der Waals surface area contributed by atoms with Crippen LogP contribution in [0.1, 0.15) is 239 Å². The van der Waals surface area contributed by atoms with Gasteiger partial charge in [-0.1, -0.05) is 226 Å². The Morgan fingerprint density at radius 2 is 0.676 bits per heavy atom. The van der Waals surface area contributed by atoms with Crippen LogP contribution in [0.3, 0.4) is 0 Å². The number of ether oxygens (including phenoxy) is 3. The van der Waals surface area contributed by atoms with E-state index in [1.54, 1.807) is 0 Å². The number of carbonyl (C=O) groups is 2. The second kappa shape index (κ2) is 57.6. The summed E-state index contributed by atoms with van der Waals surface area (Å²) in [5.74, 6) is -0.484. The molecule has 0 rings (SSSR count). The molecule has 1 unspecified atom stereocenters. The molecule has 0 aromatic heterocycles. The number of carbonyl (C=O) groups excluding carboxylic acids is 2. The highest BCUT2D eigenvalue weighted by Gasteiger charge is 2.17. The molecule has 5 nitrogen and oxygen atoms in total. The summed E-state index contributed by atoms with van der Waals surface area (Å²) < 4.78 is 17.4. The Hall–Kier alpha value is -3.70. The van der Waals surface area contributed by atoms with Crippen molar-refractivity contribution in [2.45, 2.75) is 245 Å². The summed E-state index contributed by atoms with van der Waals surface area (Å²) in [6.07, 6.45) is 80.8. The summed E-state index contributed by atoms with van der Waals surface area (Å²) in [4.78, 5) is 25.5. The molecule has 0 aliphatic carbocycles. The van der Waals surface area contributed by atoms with Gasteiger partial charge in [0.15, 0.2) is 6.10 Å². The van der Waals surface area contributed by atoms with Gasteiger partial charge in [0.1, 0.15) is 6.61 Å². The molecule has 1 atom stereocenters. The second-order valence-corrected chi connectivity index (χ2v) is 18.1. The fraction of sp³-hybridized carbons (Fsp3) is 0.651. The summed E-state index contributed by atoms with van der Waals surface area (Å²) in [5, 5.41) is 0. The molecular weight excluding hydrogens is 837 g/mol. The summed E-state index contributed by atoms with van der Waals surface area (Å²) in [6.45, 7) is 7.50.